The van der Waals surface area contributed by atoms with Crippen molar-refractivity contribution in [2.24, 2.45) is 0 Å². The highest BCUT2D eigenvalue weighted by Gasteiger charge is 2.12. The first-order chi connectivity index (χ1) is 8.19. The molecule has 0 saturated carbocycles. The van der Waals surface area contributed by atoms with Crippen LogP contribution in [0.3, 0.4) is 0 Å². The molecule has 0 aliphatic heterocycles. The summed E-state index contributed by atoms with van der Waals surface area (Å²) in [4.78, 5) is 11.0. The number of phenols is 1. The van der Waals surface area contributed by atoms with Crippen LogP contribution in [0.2, 0.25) is 0 Å². The van der Waals surface area contributed by atoms with Crippen molar-refractivity contribution in [3.05, 3.63) is 23.3 Å². The SMILES string of the molecule is CC(=O)Nc1cc(C)c(O)c(CNC(C)(C)C)c1. The number of nitrogens with one attached hydrogen (secondary N) is 2. The summed E-state index contributed by atoms with van der Waals surface area (Å²) < 4.78 is 0. The van der Waals surface area contributed by atoms with E-state index in [0.717, 1.165) is 11.1 Å². The summed E-state index contributed by atoms with van der Waals surface area (Å²) >= 11 is 0. The van der Waals surface area contributed by atoms with Crippen LogP contribution in [0.1, 0.15) is 38.8 Å². The fourth-order valence-electron chi connectivity index (χ4n) is 1.62. The van der Waals surface area contributed by atoms with Crippen LogP contribution < -0.4 is 10.6 Å². The van der Waals surface area contributed by atoms with Gasteiger partial charge in [0.2, 0.25) is 5.91 Å². The van der Waals surface area contributed by atoms with Gasteiger partial charge in [0.25, 0.3) is 0 Å². The number of hydrogen-bond acceptors (Lipinski definition) is 3. The van der Waals surface area contributed by atoms with Gasteiger partial charge in [-0.25, -0.2) is 0 Å². The topological polar surface area (TPSA) is 61.4 Å². The standard InChI is InChI=1S/C14H22N2O2/c1-9-6-12(16-10(2)17)7-11(13(9)18)8-15-14(3,4)5/h6-7,15,18H,8H2,1-5H3,(H,16,17). The monoisotopic (exact) mass is 250 g/mol. The number of amides is 1. The Morgan fingerprint density at radius 2 is 1.94 bits per heavy atom. The van der Waals surface area contributed by atoms with E-state index in [1.807, 2.05) is 6.92 Å². The molecule has 1 aromatic carbocycles. The third kappa shape index (κ3) is 4.37. The van der Waals surface area contributed by atoms with Gasteiger partial charge in [-0.3, -0.25) is 4.79 Å². The first kappa shape index (κ1) is 14.5. The van der Waals surface area contributed by atoms with E-state index in [1.54, 1.807) is 12.1 Å². The molecule has 0 atom stereocenters. The highest BCUT2D eigenvalue weighted by atomic mass is 16.3. The molecule has 0 unspecified atom stereocenters. The summed E-state index contributed by atoms with van der Waals surface area (Å²) in [5.41, 5.74) is 2.23. The van der Waals surface area contributed by atoms with Gasteiger partial charge in [-0.15, -0.1) is 0 Å². The molecule has 4 heteroatoms. The van der Waals surface area contributed by atoms with E-state index < -0.39 is 0 Å². The number of carbonyl (C=O) groups is 1. The molecule has 0 aromatic heterocycles. The predicted octanol–water partition coefficient (Wildman–Crippen LogP) is 2.55. The molecule has 0 radical (unpaired) electrons. The number of hydrogen-bond donors (Lipinski definition) is 3. The van der Waals surface area contributed by atoms with E-state index in [1.165, 1.54) is 6.92 Å². The predicted molar refractivity (Wildman–Crippen MR) is 73.7 cm³/mol. The normalized spacial score (nSPS) is 11.4. The average Bonchev–Trinajstić information content (AvgIpc) is 2.19. The van der Waals surface area contributed by atoms with E-state index >= 15 is 0 Å². The third-order valence-electron chi connectivity index (χ3n) is 2.51. The maximum absolute atomic E-state index is 11.0. The molecular formula is C14H22N2O2. The number of anilines is 1. The van der Waals surface area contributed by atoms with Crippen molar-refractivity contribution in [3.63, 3.8) is 0 Å². The lowest BCUT2D eigenvalue weighted by Crippen LogP contribution is -2.35. The molecule has 0 aliphatic carbocycles. The highest BCUT2D eigenvalue weighted by molar-refractivity contribution is 5.89. The van der Waals surface area contributed by atoms with Gasteiger partial charge in [0.05, 0.1) is 0 Å². The Bertz CT molecular complexity index is 448. The molecule has 0 bridgehead atoms. The minimum absolute atomic E-state index is 0.0235. The van der Waals surface area contributed by atoms with Gasteiger partial charge in [0.1, 0.15) is 5.75 Å². The summed E-state index contributed by atoms with van der Waals surface area (Å²) in [6, 6.07) is 3.56. The maximum Gasteiger partial charge on any atom is 0.221 e. The zero-order valence-corrected chi connectivity index (χ0v) is 11.7. The second-order valence-electron chi connectivity index (χ2n) is 5.59. The van der Waals surface area contributed by atoms with Crippen LogP contribution in [0.4, 0.5) is 5.69 Å². The Balaban J connectivity index is 2.95. The lowest BCUT2D eigenvalue weighted by atomic mass is 10.1. The van der Waals surface area contributed by atoms with E-state index in [2.05, 4.69) is 31.4 Å². The van der Waals surface area contributed by atoms with Crippen LogP contribution in [0, 0.1) is 6.92 Å². The van der Waals surface area contributed by atoms with Gasteiger partial charge < -0.3 is 15.7 Å². The second-order valence-corrected chi connectivity index (χ2v) is 5.59. The molecular weight excluding hydrogens is 228 g/mol. The minimum atomic E-state index is -0.116. The molecule has 4 nitrogen and oxygen atoms in total. The Labute approximate surface area is 108 Å². The summed E-state index contributed by atoms with van der Waals surface area (Å²) in [7, 11) is 0. The van der Waals surface area contributed by atoms with E-state index in [4.69, 9.17) is 0 Å². The van der Waals surface area contributed by atoms with Crippen molar-refractivity contribution in [3.8, 4) is 5.75 Å². The van der Waals surface area contributed by atoms with E-state index in [0.29, 0.717) is 12.2 Å². The lowest BCUT2D eigenvalue weighted by molar-refractivity contribution is -0.114. The van der Waals surface area contributed by atoms with E-state index in [-0.39, 0.29) is 17.2 Å². The Morgan fingerprint density at radius 3 is 2.44 bits per heavy atom. The quantitative estimate of drug-likeness (QED) is 0.722. The van der Waals surface area contributed by atoms with Gasteiger partial charge in [-0.05, 0) is 45.4 Å². The van der Waals surface area contributed by atoms with Crippen LogP contribution in [0.15, 0.2) is 12.1 Å². The molecule has 3 N–H and O–H groups in total. The molecule has 1 aromatic rings. The molecule has 1 amide bonds. The largest absolute Gasteiger partial charge is 0.507 e. The summed E-state index contributed by atoms with van der Waals surface area (Å²) in [6.07, 6.45) is 0. The molecule has 0 spiro atoms. The van der Waals surface area contributed by atoms with Gasteiger partial charge in [-0.2, -0.15) is 0 Å². The minimum Gasteiger partial charge on any atom is -0.507 e. The van der Waals surface area contributed by atoms with Crippen LogP contribution in [0.25, 0.3) is 0 Å². The van der Waals surface area contributed by atoms with Gasteiger partial charge in [-0.1, -0.05) is 0 Å². The lowest BCUT2D eigenvalue weighted by Gasteiger charge is -2.21. The molecule has 0 aliphatic rings. The smallest absolute Gasteiger partial charge is 0.221 e. The summed E-state index contributed by atoms with van der Waals surface area (Å²) in [5, 5.41) is 16.0. The van der Waals surface area contributed by atoms with Gasteiger partial charge in [0, 0.05) is 30.3 Å². The number of aryl methyl sites for hydroxylation is 1. The Kier molecular flexibility index (Phi) is 4.35. The van der Waals surface area contributed by atoms with Crippen molar-refractivity contribution >= 4 is 11.6 Å². The average molecular weight is 250 g/mol. The zero-order valence-electron chi connectivity index (χ0n) is 11.7. The maximum atomic E-state index is 11.0. The van der Waals surface area contributed by atoms with Crippen molar-refractivity contribution in [2.75, 3.05) is 5.32 Å². The van der Waals surface area contributed by atoms with Crippen molar-refractivity contribution < 1.29 is 9.90 Å². The number of carbonyl (C=O) groups excluding carboxylic acids is 1. The molecule has 0 fully saturated rings. The summed E-state index contributed by atoms with van der Waals surface area (Å²) in [5.74, 6) is 0.163. The molecule has 0 heterocycles. The van der Waals surface area contributed by atoms with Gasteiger partial charge in [0.15, 0.2) is 0 Å². The zero-order chi connectivity index (χ0) is 13.9. The fourth-order valence-corrected chi connectivity index (χ4v) is 1.62. The molecule has 0 saturated heterocycles. The van der Waals surface area contributed by atoms with Crippen molar-refractivity contribution in [1.29, 1.82) is 0 Å². The number of rotatable bonds is 3. The van der Waals surface area contributed by atoms with E-state index in [9.17, 15) is 9.90 Å². The number of phenolic OH excluding ortho intramolecular Hbond substituents is 1. The second kappa shape index (κ2) is 5.40. The number of benzene rings is 1. The molecule has 1 rings (SSSR count). The highest BCUT2D eigenvalue weighted by Crippen LogP contribution is 2.26. The Hall–Kier alpha value is -1.55. The summed E-state index contributed by atoms with van der Waals surface area (Å²) in [6.45, 7) is 10.0. The van der Waals surface area contributed by atoms with Crippen LogP contribution in [0.5, 0.6) is 5.75 Å². The van der Waals surface area contributed by atoms with Crippen LogP contribution >= 0.6 is 0 Å². The van der Waals surface area contributed by atoms with Gasteiger partial charge >= 0.3 is 0 Å². The molecule has 100 valence electrons. The third-order valence-corrected chi connectivity index (χ3v) is 2.51. The fraction of sp³-hybridized carbons (Fsp3) is 0.500. The van der Waals surface area contributed by atoms with Crippen LogP contribution in [-0.2, 0) is 11.3 Å². The van der Waals surface area contributed by atoms with Crippen LogP contribution in [-0.4, -0.2) is 16.6 Å². The Morgan fingerprint density at radius 1 is 1.33 bits per heavy atom. The first-order valence-electron chi connectivity index (χ1n) is 6.04. The van der Waals surface area contributed by atoms with Crippen molar-refractivity contribution in [1.82, 2.24) is 5.32 Å². The number of aromatic hydroxyl groups is 1. The first-order valence-corrected chi connectivity index (χ1v) is 6.04. The van der Waals surface area contributed by atoms with Crippen molar-refractivity contribution in [2.45, 2.75) is 46.7 Å². The molecule has 18 heavy (non-hydrogen) atoms.